The summed E-state index contributed by atoms with van der Waals surface area (Å²) in [7, 11) is 3.79. The Morgan fingerprint density at radius 3 is 2.38 bits per heavy atom. The number of likely N-dealkylation sites (N-methyl/N-ethyl adjacent to an activating group) is 1. The van der Waals surface area contributed by atoms with Crippen molar-refractivity contribution in [2.24, 2.45) is 0 Å². The second kappa shape index (κ2) is 10.1. The highest BCUT2D eigenvalue weighted by molar-refractivity contribution is 4.76. The van der Waals surface area contributed by atoms with Crippen LogP contribution in [0.4, 0.5) is 0 Å². The summed E-state index contributed by atoms with van der Waals surface area (Å²) in [5, 5.41) is 3.26. The number of rotatable bonds is 10. The van der Waals surface area contributed by atoms with E-state index >= 15 is 0 Å². The molecule has 0 saturated heterocycles. The quantitative estimate of drug-likeness (QED) is 0.582. The standard InChI is InChI=1S/C13H30N2O/c1-6-7-8-9-15(12(2)3)13(10-14-4)11-16-5/h12-14H,6-11H2,1-5H3. The molecule has 0 rings (SSSR count). The molecule has 0 aliphatic rings. The zero-order valence-electron chi connectivity index (χ0n) is 11.8. The lowest BCUT2D eigenvalue weighted by molar-refractivity contribution is 0.0691. The van der Waals surface area contributed by atoms with Gasteiger partial charge in [-0.1, -0.05) is 19.8 Å². The number of unbranched alkanes of at least 4 members (excludes halogenated alkanes) is 2. The molecule has 0 aliphatic heterocycles. The van der Waals surface area contributed by atoms with Crippen LogP contribution in [0.5, 0.6) is 0 Å². The van der Waals surface area contributed by atoms with Crippen LogP contribution < -0.4 is 5.32 Å². The van der Waals surface area contributed by atoms with Gasteiger partial charge in [-0.25, -0.2) is 0 Å². The van der Waals surface area contributed by atoms with Crippen LogP contribution in [0.2, 0.25) is 0 Å². The molecule has 0 amide bonds. The van der Waals surface area contributed by atoms with Gasteiger partial charge in [0.15, 0.2) is 0 Å². The second-order valence-corrected chi connectivity index (χ2v) is 4.71. The van der Waals surface area contributed by atoms with E-state index in [2.05, 4.69) is 31.0 Å². The Morgan fingerprint density at radius 2 is 1.94 bits per heavy atom. The smallest absolute Gasteiger partial charge is 0.0630 e. The van der Waals surface area contributed by atoms with Crippen LogP contribution in [0.25, 0.3) is 0 Å². The van der Waals surface area contributed by atoms with Gasteiger partial charge in [0.05, 0.1) is 6.61 Å². The third-order valence-corrected chi connectivity index (χ3v) is 2.95. The van der Waals surface area contributed by atoms with Gasteiger partial charge in [0, 0.05) is 25.7 Å². The van der Waals surface area contributed by atoms with Gasteiger partial charge in [-0.3, -0.25) is 4.90 Å². The number of nitrogens with one attached hydrogen (secondary N) is 1. The Labute approximate surface area is 102 Å². The molecule has 3 heteroatoms. The van der Waals surface area contributed by atoms with E-state index in [1.807, 2.05) is 7.05 Å². The molecular weight excluding hydrogens is 200 g/mol. The maximum absolute atomic E-state index is 5.31. The zero-order valence-corrected chi connectivity index (χ0v) is 11.8. The summed E-state index contributed by atoms with van der Waals surface area (Å²) in [6.07, 6.45) is 3.90. The second-order valence-electron chi connectivity index (χ2n) is 4.71. The van der Waals surface area contributed by atoms with Crippen molar-refractivity contribution in [2.75, 3.05) is 33.9 Å². The van der Waals surface area contributed by atoms with Crippen LogP contribution in [-0.4, -0.2) is 50.8 Å². The average Bonchev–Trinajstić information content (AvgIpc) is 2.24. The average molecular weight is 230 g/mol. The van der Waals surface area contributed by atoms with Gasteiger partial charge in [-0.05, 0) is 33.9 Å². The third-order valence-electron chi connectivity index (χ3n) is 2.95. The molecule has 1 N–H and O–H groups in total. The number of methoxy groups -OCH3 is 1. The van der Waals surface area contributed by atoms with Gasteiger partial charge in [-0.15, -0.1) is 0 Å². The first-order chi connectivity index (χ1) is 7.67. The Balaban J connectivity index is 4.20. The summed E-state index contributed by atoms with van der Waals surface area (Å²) >= 11 is 0. The molecule has 3 nitrogen and oxygen atoms in total. The molecule has 0 saturated carbocycles. The molecule has 0 aliphatic carbocycles. The minimum absolute atomic E-state index is 0.492. The van der Waals surface area contributed by atoms with Crippen molar-refractivity contribution < 1.29 is 4.74 Å². The van der Waals surface area contributed by atoms with Crippen LogP contribution in [0.15, 0.2) is 0 Å². The first-order valence-corrected chi connectivity index (χ1v) is 6.56. The normalized spacial score (nSPS) is 13.7. The summed E-state index contributed by atoms with van der Waals surface area (Å²) < 4.78 is 5.31. The SMILES string of the molecule is CCCCCN(C(C)C)C(CNC)COC. The van der Waals surface area contributed by atoms with E-state index in [-0.39, 0.29) is 0 Å². The van der Waals surface area contributed by atoms with Crippen LogP contribution in [-0.2, 0) is 4.74 Å². The maximum atomic E-state index is 5.31. The lowest BCUT2D eigenvalue weighted by Gasteiger charge is -2.34. The Hall–Kier alpha value is -0.120. The molecule has 0 aromatic heterocycles. The van der Waals surface area contributed by atoms with Crippen molar-refractivity contribution in [1.82, 2.24) is 10.2 Å². The molecule has 1 unspecified atom stereocenters. The monoisotopic (exact) mass is 230 g/mol. The van der Waals surface area contributed by atoms with Gasteiger partial charge in [0.25, 0.3) is 0 Å². The van der Waals surface area contributed by atoms with Crippen molar-refractivity contribution in [3.05, 3.63) is 0 Å². The highest BCUT2D eigenvalue weighted by Gasteiger charge is 2.19. The van der Waals surface area contributed by atoms with Crippen LogP contribution in [0, 0.1) is 0 Å². The van der Waals surface area contributed by atoms with Gasteiger partial charge < -0.3 is 10.1 Å². The molecule has 0 bridgehead atoms. The minimum atomic E-state index is 0.492. The van der Waals surface area contributed by atoms with Gasteiger partial charge in [0.2, 0.25) is 0 Å². The molecule has 0 fully saturated rings. The zero-order chi connectivity index (χ0) is 12.4. The fourth-order valence-electron chi connectivity index (χ4n) is 2.11. The van der Waals surface area contributed by atoms with Gasteiger partial charge >= 0.3 is 0 Å². The fraction of sp³-hybridized carbons (Fsp3) is 1.00. The number of hydrogen-bond acceptors (Lipinski definition) is 3. The van der Waals surface area contributed by atoms with Crippen LogP contribution in [0.1, 0.15) is 40.0 Å². The minimum Gasteiger partial charge on any atom is -0.383 e. The first kappa shape index (κ1) is 15.9. The lowest BCUT2D eigenvalue weighted by atomic mass is 10.1. The van der Waals surface area contributed by atoms with E-state index in [1.54, 1.807) is 7.11 Å². The molecule has 0 aromatic rings. The maximum Gasteiger partial charge on any atom is 0.0630 e. The Morgan fingerprint density at radius 1 is 1.25 bits per heavy atom. The third kappa shape index (κ3) is 6.46. The molecule has 0 spiro atoms. The topological polar surface area (TPSA) is 24.5 Å². The van der Waals surface area contributed by atoms with Crippen molar-refractivity contribution >= 4 is 0 Å². The Bertz CT molecular complexity index is 145. The van der Waals surface area contributed by atoms with E-state index < -0.39 is 0 Å². The molecule has 0 aromatic carbocycles. The molecule has 0 heterocycles. The predicted octanol–water partition coefficient (Wildman–Crippen LogP) is 2.12. The predicted molar refractivity (Wildman–Crippen MR) is 71.0 cm³/mol. The van der Waals surface area contributed by atoms with E-state index in [9.17, 15) is 0 Å². The molecule has 98 valence electrons. The summed E-state index contributed by atoms with van der Waals surface area (Å²) in [6.45, 7) is 9.78. The lowest BCUT2D eigenvalue weighted by Crippen LogP contribution is -2.48. The van der Waals surface area contributed by atoms with Crippen LogP contribution >= 0.6 is 0 Å². The molecule has 0 radical (unpaired) electrons. The van der Waals surface area contributed by atoms with E-state index in [0.717, 1.165) is 13.2 Å². The fourth-order valence-corrected chi connectivity index (χ4v) is 2.11. The van der Waals surface area contributed by atoms with Crippen molar-refractivity contribution in [3.63, 3.8) is 0 Å². The summed E-state index contributed by atoms with van der Waals surface area (Å²) in [4.78, 5) is 2.55. The Kier molecular flexibility index (Phi) is 9.99. The highest BCUT2D eigenvalue weighted by atomic mass is 16.5. The van der Waals surface area contributed by atoms with Crippen molar-refractivity contribution in [1.29, 1.82) is 0 Å². The van der Waals surface area contributed by atoms with Crippen molar-refractivity contribution in [3.8, 4) is 0 Å². The van der Waals surface area contributed by atoms with Gasteiger partial charge in [-0.2, -0.15) is 0 Å². The largest absolute Gasteiger partial charge is 0.383 e. The van der Waals surface area contributed by atoms with Crippen LogP contribution in [0.3, 0.4) is 0 Å². The van der Waals surface area contributed by atoms with E-state index in [0.29, 0.717) is 12.1 Å². The molecule has 1 atom stereocenters. The first-order valence-electron chi connectivity index (χ1n) is 6.56. The van der Waals surface area contributed by atoms with E-state index in [1.165, 1.54) is 25.8 Å². The highest BCUT2D eigenvalue weighted by Crippen LogP contribution is 2.09. The van der Waals surface area contributed by atoms with E-state index in [4.69, 9.17) is 4.74 Å². The number of ether oxygens (including phenoxy) is 1. The summed E-state index contributed by atoms with van der Waals surface area (Å²) in [6, 6.07) is 1.08. The summed E-state index contributed by atoms with van der Waals surface area (Å²) in [5.41, 5.74) is 0. The number of hydrogen-bond donors (Lipinski definition) is 1. The molecule has 16 heavy (non-hydrogen) atoms. The van der Waals surface area contributed by atoms with Crippen molar-refractivity contribution in [2.45, 2.75) is 52.1 Å². The molecular formula is C13H30N2O. The van der Waals surface area contributed by atoms with Gasteiger partial charge in [0.1, 0.15) is 0 Å². The summed E-state index contributed by atoms with van der Waals surface area (Å²) in [5.74, 6) is 0. The number of nitrogens with zero attached hydrogens (tertiary/aromatic N) is 1.